The predicted octanol–water partition coefficient (Wildman–Crippen LogP) is 2.62. The van der Waals surface area contributed by atoms with Crippen molar-refractivity contribution >= 4 is 0 Å². The van der Waals surface area contributed by atoms with E-state index in [0.29, 0.717) is 11.5 Å². The SMILES string of the molecule is CC(C)(C)CC1=CCC2OCCNC2=C1. The molecule has 0 spiro atoms. The Kier molecular flexibility index (Phi) is 2.87. The molecule has 1 fully saturated rings. The van der Waals surface area contributed by atoms with Crippen LogP contribution in [0.2, 0.25) is 0 Å². The van der Waals surface area contributed by atoms with Crippen molar-refractivity contribution in [2.45, 2.75) is 39.7 Å². The molecule has 2 aliphatic rings. The molecule has 2 nitrogen and oxygen atoms in total. The monoisotopic (exact) mass is 207 g/mol. The second kappa shape index (κ2) is 4.01. The van der Waals surface area contributed by atoms with Gasteiger partial charge in [-0.3, -0.25) is 0 Å². The molecule has 0 saturated carbocycles. The molecule has 0 bridgehead atoms. The molecule has 0 amide bonds. The van der Waals surface area contributed by atoms with E-state index in [2.05, 4.69) is 38.2 Å². The van der Waals surface area contributed by atoms with Crippen molar-refractivity contribution in [3.63, 3.8) is 0 Å². The summed E-state index contributed by atoms with van der Waals surface area (Å²) < 4.78 is 5.68. The van der Waals surface area contributed by atoms with Gasteiger partial charge in [0.25, 0.3) is 0 Å². The van der Waals surface area contributed by atoms with Crippen molar-refractivity contribution in [2.75, 3.05) is 13.2 Å². The molecule has 1 saturated heterocycles. The van der Waals surface area contributed by atoms with E-state index in [9.17, 15) is 0 Å². The lowest BCUT2D eigenvalue weighted by Gasteiger charge is -2.31. The summed E-state index contributed by atoms with van der Waals surface area (Å²) in [7, 11) is 0. The second-order valence-corrected chi connectivity index (χ2v) is 5.64. The van der Waals surface area contributed by atoms with Gasteiger partial charge in [0.15, 0.2) is 0 Å². The van der Waals surface area contributed by atoms with Crippen molar-refractivity contribution in [2.24, 2.45) is 5.41 Å². The van der Waals surface area contributed by atoms with E-state index in [1.165, 1.54) is 11.3 Å². The molecule has 1 N–H and O–H groups in total. The van der Waals surface area contributed by atoms with Gasteiger partial charge in [0.1, 0.15) is 6.10 Å². The van der Waals surface area contributed by atoms with Crippen LogP contribution in [0.1, 0.15) is 33.6 Å². The number of ether oxygens (including phenoxy) is 1. The van der Waals surface area contributed by atoms with Gasteiger partial charge in [-0.2, -0.15) is 0 Å². The highest BCUT2D eigenvalue weighted by Crippen LogP contribution is 2.29. The van der Waals surface area contributed by atoms with Crippen LogP contribution < -0.4 is 5.32 Å². The Morgan fingerprint density at radius 3 is 3.00 bits per heavy atom. The molecule has 0 aromatic heterocycles. The molecule has 0 aromatic carbocycles. The van der Waals surface area contributed by atoms with Crippen LogP contribution in [0.3, 0.4) is 0 Å². The van der Waals surface area contributed by atoms with Crippen molar-refractivity contribution in [1.29, 1.82) is 0 Å². The lowest BCUT2D eigenvalue weighted by molar-refractivity contribution is 0.0544. The average molecular weight is 207 g/mol. The third kappa shape index (κ3) is 2.85. The first-order chi connectivity index (χ1) is 7.04. The Bertz CT molecular complexity index is 296. The molecule has 0 radical (unpaired) electrons. The fourth-order valence-corrected chi connectivity index (χ4v) is 2.19. The maximum atomic E-state index is 5.68. The van der Waals surface area contributed by atoms with Crippen LogP contribution in [0.5, 0.6) is 0 Å². The highest BCUT2D eigenvalue weighted by molar-refractivity contribution is 5.31. The number of morpholine rings is 1. The highest BCUT2D eigenvalue weighted by atomic mass is 16.5. The smallest absolute Gasteiger partial charge is 0.100 e. The predicted molar refractivity (Wildman–Crippen MR) is 62.6 cm³/mol. The van der Waals surface area contributed by atoms with Gasteiger partial charge in [0, 0.05) is 12.2 Å². The van der Waals surface area contributed by atoms with Crippen LogP contribution in [-0.2, 0) is 4.74 Å². The van der Waals surface area contributed by atoms with Crippen molar-refractivity contribution in [1.82, 2.24) is 5.32 Å². The number of allylic oxidation sites excluding steroid dienone is 2. The van der Waals surface area contributed by atoms with E-state index in [1.807, 2.05) is 0 Å². The Morgan fingerprint density at radius 2 is 2.27 bits per heavy atom. The molecule has 1 aliphatic heterocycles. The normalized spacial score (nSPS) is 26.2. The molecule has 2 rings (SSSR count). The van der Waals surface area contributed by atoms with E-state index >= 15 is 0 Å². The number of fused-ring (bicyclic) bond motifs is 1. The minimum atomic E-state index is 0.294. The molecule has 1 heterocycles. The van der Waals surface area contributed by atoms with Crippen LogP contribution in [-0.4, -0.2) is 19.3 Å². The summed E-state index contributed by atoms with van der Waals surface area (Å²) in [4.78, 5) is 0. The third-order valence-electron chi connectivity index (χ3n) is 2.77. The van der Waals surface area contributed by atoms with Gasteiger partial charge in [-0.15, -0.1) is 0 Å². The first kappa shape index (κ1) is 10.7. The standard InChI is InChI=1S/C13H21NO/c1-13(2,3)9-10-4-5-12-11(8-10)14-6-7-15-12/h4,8,12,14H,5-7,9H2,1-3H3. The first-order valence-corrected chi connectivity index (χ1v) is 5.81. The van der Waals surface area contributed by atoms with Crippen molar-refractivity contribution in [3.8, 4) is 0 Å². The molecule has 1 atom stereocenters. The molecular weight excluding hydrogens is 186 g/mol. The largest absolute Gasteiger partial charge is 0.384 e. The quantitative estimate of drug-likeness (QED) is 0.713. The zero-order chi connectivity index (χ0) is 10.9. The van der Waals surface area contributed by atoms with Crippen LogP contribution >= 0.6 is 0 Å². The van der Waals surface area contributed by atoms with Crippen LogP contribution in [0, 0.1) is 5.41 Å². The lowest BCUT2D eigenvalue weighted by atomic mass is 9.85. The summed E-state index contributed by atoms with van der Waals surface area (Å²) in [6.45, 7) is 8.63. The van der Waals surface area contributed by atoms with Crippen molar-refractivity contribution in [3.05, 3.63) is 23.4 Å². The number of nitrogens with one attached hydrogen (secondary N) is 1. The summed E-state index contributed by atoms with van der Waals surface area (Å²) >= 11 is 0. The van der Waals surface area contributed by atoms with Gasteiger partial charge in [0.05, 0.1) is 6.61 Å². The molecule has 0 aromatic rings. The molecule has 15 heavy (non-hydrogen) atoms. The van der Waals surface area contributed by atoms with Crippen molar-refractivity contribution < 1.29 is 4.74 Å². The molecular formula is C13H21NO. The molecule has 84 valence electrons. The molecule has 1 aliphatic carbocycles. The number of hydrogen-bond acceptors (Lipinski definition) is 2. The summed E-state index contributed by atoms with van der Waals surface area (Å²) in [6, 6.07) is 0. The summed E-state index contributed by atoms with van der Waals surface area (Å²) in [5.74, 6) is 0. The summed E-state index contributed by atoms with van der Waals surface area (Å²) in [6.07, 6.45) is 7.07. The Hall–Kier alpha value is -0.760. The van der Waals surface area contributed by atoms with E-state index in [0.717, 1.165) is 26.0 Å². The van der Waals surface area contributed by atoms with E-state index in [1.54, 1.807) is 0 Å². The van der Waals surface area contributed by atoms with E-state index in [4.69, 9.17) is 4.74 Å². The summed E-state index contributed by atoms with van der Waals surface area (Å²) in [5, 5.41) is 3.43. The first-order valence-electron chi connectivity index (χ1n) is 5.81. The Balaban J connectivity index is 2.05. The maximum absolute atomic E-state index is 5.68. The van der Waals surface area contributed by atoms with Gasteiger partial charge < -0.3 is 10.1 Å². The highest BCUT2D eigenvalue weighted by Gasteiger charge is 2.23. The van der Waals surface area contributed by atoms with Crippen LogP contribution in [0.4, 0.5) is 0 Å². The fraction of sp³-hybridized carbons (Fsp3) is 0.692. The van der Waals surface area contributed by atoms with Crippen LogP contribution in [0.25, 0.3) is 0 Å². The topological polar surface area (TPSA) is 21.3 Å². The van der Waals surface area contributed by atoms with E-state index < -0.39 is 0 Å². The van der Waals surface area contributed by atoms with Gasteiger partial charge in [-0.1, -0.05) is 26.8 Å². The van der Waals surface area contributed by atoms with E-state index in [-0.39, 0.29) is 0 Å². The lowest BCUT2D eigenvalue weighted by Crippen LogP contribution is -2.37. The minimum absolute atomic E-state index is 0.294. The maximum Gasteiger partial charge on any atom is 0.100 e. The zero-order valence-corrected chi connectivity index (χ0v) is 9.97. The third-order valence-corrected chi connectivity index (χ3v) is 2.77. The minimum Gasteiger partial charge on any atom is -0.384 e. The molecule has 1 unspecified atom stereocenters. The Labute approximate surface area is 92.4 Å². The zero-order valence-electron chi connectivity index (χ0n) is 9.97. The second-order valence-electron chi connectivity index (χ2n) is 5.64. The number of rotatable bonds is 1. The van der Waals surface area contributed by atoms with Gasteiger partial charge in [0.2, 0.25) is 0 Å². The van der Waals surface area contributed by atoms with Crippen LogP contribution in [0.15, 0.2) is 23.4 Å². The van der Waals surface area contributed by atoms with Gasteiger partial charge in [-0.25, -0.2) is 0 Å². The Morgan fingerprint density at radius 1 is 1.47 bits per heavy atom. The van der Waals surface area contributed by atoms with Gasteiger partial charge in [-0.05, 0) is 29.9 Å². The fourth-order valence-electron chi connectivity index (χ4n) is 2.19. The number of hydrogen-bond donors (Lipinski definition) is 1. The van der Waals surface area contributed by atoms with Gasteiger partial charge >= 0.3 is 0 Å². The summed E-state index contributed by atoms with van der Waals surface area (Å²) in [5.41, 5.74) is 3.10. The average Bonchev–Trinajstić information content (AvgIpc) is 2.15. The molecule has 2 heteroatoms.